The monoisotopic (exact) mass is 1860 g/mol. The number of H-pyrrole nitrogens is 5. The van der Waals surface area contributed by atoms with E-state index in [2.05, 4.69) is 49.8 Å². The van der Waals surface area contributed by atoms with Gasteiger partial charge >= 0.3 is 56.4 Å². The van der Waals surface area contributed by atoms with Crippen LogP contribution >= 0.6 is 33.6 Å². The van der Waals surface area contributed by atoms with Crippen molar-refractivity contribution in [1.29, 1.82) is 0 Å². The molecule has 0 amide bonds. The van der Waals surface area contributed by atoms with Gasteiger partial charge in [-0.05, 0) is 105 Å². The van der Waals surface area contributed by atoms with Gasteiger partial charge in [0.2, 0.25) is 11.9 Å². The number of rotatable bonds is 32. The van der Waals surface area contributed by atoms with Crippen molar-refractivity contribution in [3.8, 4) is 0 Å². The Morgan fingerprint density at radius 3 is 1.09 bits per heavy atom. The molecule has 6 aliphatic rings. The molecule has 648 valence electrons. The minimum Gasteiger partial charge on any atom is -0.383 e. The SMILES string of the molecule is CC[C@H]1O[C@@H](n2ccc(N)nc2=O)CC1OP(O)(=S)OC[C@H]1O[C@@H](n2cc(C)c(=O)[nH]c2=O)CC1OP(O)(=S)OC[C@H]1O[C@@H](n2cnc3c(=O)[nH]c(N)nc32)CC1OP(O)(=S)OC[C@H]1O[C@@H](n2cnc3c(=O)[nH]c(N)nc32)CC1OP(O)(=S)OC[C@H]1O[C@@H](n2cc(C)c(=O)[nH]c2=O)CC1OP(O)(=S)OC[C@@H]1CC[C@H](n2cc(C)c(=O)[nH]c2=O)O1. The number of hydrogen-bond donors (Lipinski definition) is 13. The predicted octanol–water partition coefficient (Wildman–Crippen LogP) is -0.550. The van der Waals surface area contributed by atoms with Crippen LogP contribution in [0.3, 0.4) is 0 Å². The molecule has 14 rings (SSSR count). The predicted molar refractivity (Wildman–Crippen MR) is 429 cm³/mol. The van der Waals surface area contributed by atoms with E-state index in [1.165, 1.54) is 82.5 Å². The molecule has 8 aromatic rings. The molecular weight excluding hydrogens is 1780 g/mol. The number of nitrogens with one attached hydrogen (secondary N) is 5. The lowest BCUT2D eigenvalue weighted by Gasteiger charge is -2.28. The molecule has 0 spiro atoms. The van der Waals surface area contributed by atoms with Crippen LogP contribution in [0.15, 0.2) is 86.7 Å². The zero-order chi connectivity index (χ0) is 85.3. The summed E-state index contributed by atoms with van der Waals surface area (Å²) in [5.41, 5.74) is 11.0. The number of ether oxygens (including phenoxy) is 6. The largest absolute Gasteiger partial charge is 0.383 e. The molecule has 0 bridgehead atoms. The summed E-state index contributed by atoms with van der Waals surface area (Å²) in [6.07, 6.45) is -12.7. The van der Waals surface area contributed by atoms with Crippen molar-refractivity contribution in [3.05, 3.63) is 154 Å². The highest BCUT2D eigenvalue weighted by atomic mass is 32.5. The van der Waals surface area contributed by atoms with Crippen LogP contribution in [0.1, 0.15) is 112 Å². The Bertz CT molecular complexity index is 6040. The number of imidazole rings is 2. The third kappa shape index (κ3) is 20.6. The van der Waals surface area contributed by atoms with E-state index >= 15 is 0 Å². The molecule has 49 nitrogen and oxygen atoms in total. The second kappa shape index (κ2) is 35.6. The highest BCUT2D eigenvalue weighted by Gasteiger charge is 2.49. The van der Waals surface area contributed by atoms with Crippen molar-refractivity contribution in [2.24, 2.45) is 0 Å². The quantitative estimate of drug-likeness (QED) is 0.0235. The fourth-order valence-corrected chi connectivity index (χ4v) is 21.5. The summed E-state index contributed by atoms with van der Waals surface area (Å²) >= 11 is 27.9. The van der Waals surface area contributed by atoms with Gasteiger partial charge < -0.3 is 115 Å². The number of hydrogen-bond acceptors (Lipinski definition) is 38. The van der Waals surface area contributed by atoms with E-state index in [9.17, 15) is 67.6 Å². The van der Waals surface area contributed by atoms with Gasteiger partial charge in [0.15, 0.2) is 22.3 Å². The maximum atomic E-state index is 13.3. The molecule has 6 saturated heterocycles. The second-order valence-electron chi connectivity index (χ2n) is 28.1. The maximum absolute atomic E-state index is 13.3. The lowest BCUT2D eigenvalue weighted by atomic mass is 10.1. The van der Waals surface area contributed by atoms with E-state index in [1.807, 2.05) is 0 Å². The van der Waals surface area contributed by atoms with Gasteiger partial charge in [-0.15, -0.1) is 0 Å². The van der Waals surface area contributed by atoms with E-state index < -0.39 is 215 Å². The summed E-state index contributed by atoms with van der Waals surface area (Å²) in [6.45, 7) is -19.6. The molecule has 6 aliphatic heterocycles. The van der Waals surface area contributed by atoms with Gasteiger partial charge in [-0.2, -0.15) is 15.0 Å². The maximum Gasteiger partial charge on any atom is 0.351 e. The first-order chi connectivity index (χ1) is 56.1. The van der Waals surface area contributed by atoms with Crippen molar-refractivity contribution < 1.29 is 98.1 Å². The molecular formula is C60H78N19O30P5S5. The zero-order valence-electron chi connectivity index (χ0n) is 62.4. The highest BCUT2D eigenvalue weighted by molar-refractivity contribution is 8.08. The van der Waals surface area contributed by atoms with E-state index in [4.69, 9.17) is 150 Å². The Balaban J connectivity index is 0.676. The summed E-state index contributed by atoms with van der Waals surface area (Å²) in [5, 5.41) is 0. The van der Waals surface area contributed by atoms with Crippen LogP contribution in [0.5, 0.6) is 0 Å². The summed E-state index contributed by atoms with van der Waals surface area (Å²) in [4.78, 5) is 207. The van der Waals surface area contributed by atoms with Crippen LogP contribution in [0.4, 0.5) is 17.7 Å². The van der Waals surface area contributed by atoms with Crippen LogP contribution in [0.25, 0.3) is 22.3 Å². The summed E-state index contributed by atoms with van der Waals surface area (Å²) in [5.74, 6) is -0.628. The lowest BCUT2D eigenvalue weighted by Crippen LogP contribution is -2.33. The summed E-state index contributed by atoms with van der Waals surface area (Å²) in [6, 6.07) is 1.40. The molecule has 0 aliphatic carbocycles. The van der Waals surface area contributed by atoms with Crippen molar-refractivity contribution in [2.45, 2.75) is 184 Å². The Hall–Kier alpha value is -6.57. The number of nitrogen functional groups attached to an aromatic ring is 3. The van der Waals surface area contributed by atoms with Crippen molar-refractivity contribution in [3.63, 3.8) is 0 Å². The van der Waals surface area contributed by atoms with Crippen molar-refractivity contribution in [2.75, 3.05) is 50.2 Å². The molecule has 119 heavy (non-hydrogen) atoms. The third-order valence-corrected chi connectivity index (χ3v) is 27.8. The average molecular weight is 1860 g/mol. The molecule has 10 unspecified atom stereocenters. The first kappa shape index (κ1) is 88.7. The minimum absolute atomic E-state index is 0.0125. The normalized spacial score (nSPS) is 29.1. The molecule has 0 aromatic carbocycles. The van der Waals surface area contributed by atoms with E-state index in [1.54, 1.807) is 6.92 Å². The van der Waals surface area contributed by atoms with Gasteiger partial charge in [0.25, 0.3) is 27.8 Å². The fraction of sp³-hybridized carbons (Fsp3) is 0.567. The topological polar surface area (TPSA) is 654 Å². The first-order valence-corrected chi connectivity index (χ1v) is 49.1. The molecule has 0 radical (unpaired) electrons. The number of fused-ring (bicyclic) bond motifs is 2. The molecule has 6 fully saturated rings. The van der Waals surface area contributed by atoms with E-state index in [-0.39, 0.29) is 95.4 Å². The zero-order valence-corrected chi connectivity index (χ0v) is 71.0. The smallest absolute Gasteiger partial charge is 0.351 e. The van der Waals surface area contributed by atoms with Crippen LogP contribution in [0.2, 0.25) is 0 Å². The number of nitrogens with zero attached hydrogens (tertiary/aromatic N) is 11. The van der Waals surface area contributed by atoms with Crippen LogP contribution in [-0.2, 0) is 133 Å². The average Bonchev–Trinajstić information content (AvgIpc) is 1.63. The molecule has 8 aromatic heterocycles. The molecule has 16 N–H and O–H groups in total. The Kier molecular flexibility index (Phi) is 26.5. The Morgan fingerprint density at radius 1 is 0.420 bits per heavy atom. The third-order valence-electron chi connectivity index (χ3n) is 19.8. The van der Waals surface area contributed by atoms with Gasteiger partial charge in [-0.3, -0.25) is 76.3 Å². The first-order valence-electron chi connectivity index (χ1n) is 36.1. The van der Waals surface area contributed by atoms with Gasteiger partial charge in [0.05, 0.1) is 88.4 Å². The number of aromatic amines is 5. The van der Waals surface area contributed by atoms with E-state index in [0.717, 1.165) is 9.13 Å². The van der Waals surface area contributed by atoms with Gasteiger partial charge in [0, 0.05) is 73.6 Å². The Morgan fingerprint density at radius 2 is 0.739 bits per heavy atom. The Labute approximate surface area is 691 Å². The lowest BCUT2D eigenvalue weighted by molar-refractivity contribution is -0.0558. The number of nitrogens with two attached hydrogens (primary N) is 3. The van der Waals surface area contributed by atoms with Crippen molar-refractivity contribution in [1.82, 2.24) is 77.2 Å². The molecule has 59 heteroatoms. The van der Waals surface area contributed by atoms with Crippen LogP contribution in [0, 0.1) is 20.8 Å². The second-order valence-corrected chi connectivity index (χ2v) is 42.0. The number of aryl methyl sites for hydroxylation is 3. The highest BCUT2D eigenvalue weighted by Crippen LogP contribution is 2.57. The number of anilines is 3. The van der Waals surface area contributed by atoms with Crippen LogP contribution in [-0.4, -0.2) is 202 Å². The molecule has 0 saturated carbocycles. The van der Waals surface area contributed by atoms with Gasteiger partial charge in [0.1, 0.15) is 67.6 Å². The van der Waals surface area contributed by atoms with Gasteiger partial charge in [-0.1, -0.05) is 6.92 Å². The standard InChI is InChI=1S/C60H78N19O30P5S5/c1-5-29-30(10-41(100-29)74-9-8-39(61)66-57(74)85)105-111(90,116)95-19-36-32(12-43(102-36)77-17-27(4)52(82)73-60(77)88)107-112(91,117)97-21-37-34(14-45(103-37)79-24-65-47-49(79)68-56(63)70-54(47)84)109-114(93,119)98-22-38-33(13-44(104-38)78-23-64-46-48(78)67-55(62)69-53(46)83)108-113(92,118)96-20-35-31(11-42(101-35)76-16-26(3)51(81)72-59(76)87)106-110(89,115)94-18-28-6-7-40(99-28)75-15-25(2)50(80)71-58(75)86/h8-9,15-17,23-24,28-38,40-45H,5-7,10-14,18-22H2,1-4H3,(H,89,115)(H,90,116)(H,91,117)(H,92,118)(H,93,119)(H2,61,66,85)(H,71,80,86)(H,72,81,87)(H,73,82,88)(H3,62,67,69,83)(H3,63,68,70,84)/t28-,29+,30?,31?,32?,33?,34?,35+,36+,37+,38+,40+,41+,42+,43+,44+,45+,110?,111?,112?,113?,114?/m0/s1. The number of aromatic nitrogens is 16. The summed E-state index contributed by atoms with van der Waals surface area (Å²) in [7, 11) is 0. The van der Waals surface area contributed by atoms with E-state index in [0.29, 0.717) is 19.3 Å². The van der Waals surface area contributed by atoms with Gasteiger partial charge in [-0.25, -0.2) is 29.1 Å². The summed E-state index contributed by atoms with van der Waals surface area (Å²) < 4.78 is 105. The fourth-order valence-electron chi connectivity index (χ4n) is 14.1. The minimum atomic E-state index is -4.69. The van der Waals surface area contributed by atoms with Crippen molar-refractivity contribution >= 4 is 133 Å². The molecule has 14 heterocycles. The molecule has 22 atom stereocenters. The van der Waals surface area contributed by atoms with Crippen LogP contribution < -0.4 is 67.8 Å².